The van der Waals surface area contributed by atoms with E-state index < -0.39 is 0 Å². The van der Waals surface area contributed by atoms with Crippen LogP contribution in [0.1, 0.15) is 19.3 Å². The van der Waals surface area contributed by atoms with Gasteiger partial charge in [-0.3, -0.25) is 9.59 Å². The molecule has 0 aromatic heterocycles. The number of hydrogen-bond donors (Lipinski definition) is 0. The Balaban J connectivity index is 1.43. The SMILES string of the molecule is CN1CC2(CCN(C(=O)CCOc3ccccc3)CC2)OCC1=O. The molecule has 2 amide bonds. The average molecular weight is 332 g/mol. The molecule has 1 spiro atoms. The van der Waals surface area contributed by atoms with Gasteiger partial charge < -0.3 is 19.3 Å². The van der Waals surface area contributed by atoms with Crippen LogP contribution in [-0.2, 0) is 14.3 Å². The maximum Gasteiger partial charge on any atom is 0.248 e. The number of carbonyl (C=O) groups is 2. The van der Waals surface area contributed by atoms with E-state index in [-0.39, 0.29) is 24.0 Å². The quantitative estimate of drug-likeness (QED) is 0.834. The largest absolute Gasteiger partial charge is 0.493 e. The molecule has 0 N–H and O–H groups in total. The molecule has 3 rings (SSSR count). The highest BCUT2D eigenvalue weighted by Gasteiger charge is 2.41. The van der Waals surface area contributed by atoms with Gasteiger partial charge in [0.25, 0.3) is 0 Å². The Morgan fingerprint density at radius 3 is 2.62 bits per heavy atom. The van der Waals surface area contributed by atoms with Gasteiger partial charge in [-0.15, -0.1) is 0 Å². The Morgan fingerprint density at radius 1 is 1.25 bits per heavy atom. The van der Waals surface area contributed by atoms with Gasteiger partial charge in [0.15, 0.2) is 0 Å². The molecule has 0 aliphatic carbocycles. The number of ether oxygens (including phenoxy) is 2. The summed E-state index contributed by atoms with van der Waals surface area (Å²) >= 11 is 0. The van der Waals surface area contributed by atoms with Crippen molar-refractivity contribution in [2.45, 2.75) is 24.9 Å². The van der Waals surface area contributed by atoms with Crippen LogP contribution in [0.4, 0.5) is 0 Å². The van der Waals surface area contributed by atoms with E-state index in [9.17, 15) is 9.59 Å². The topological polar surface area (TPSA) is 59.1 Å². The standard InChI is InChI=1S/C18H24N2O4/c1-19-14-18(24-13-17(19)22)8-10-20(11-9-18)16(21)7-12-23-15-5-3-2-4-6-15/h2-6H,7-14H2,1H3. The molecule has 1 aromatic carbocycles. The summed E-state index contributed by atoms with van der Waals surface area (Å²) in [7, 11) is 1.81. The van der Waals surface area contributed by atoms with Gasteiger partial charge in [-0.1, -0.05) is 18.2 Å². The van der Waals surface area contributed by atoms with Crippen LogP contribution < -0.4 is 4.74 Å². The van der Waals surface area contributed by atoms with Crippen LogP contribution in [-0.4, -0.2) is 67.1 Å². The van der Waals surface area contributed by atoms with Gasteiger partial charge in [-0.05, 0) is 25.0 Å². The minimum Gasteiger partial charge on any atom is -0.493 e. The summed E-state index contributed by atoms with van der Waals surface area (Å²) in [5.41, 5.74) is -0.278. The number of likely N-dealkylation sites (tertiary alicyclic amines) is 1. The minimum atomic E-state index is -0.278. The third-order valence-corrected chi connectivity index (χ3v) is 4.81. The maximum atomic E-state index is 12.3. The van der Waals surface area contributed by atoms with E-state index in [4.69, 9.17) is 9.47 Å². The lowest BCUT2D eigenvalue weighted by molar-refractivity contribution is -0.171. The molecule has 2 saturated heterocycles. The lowest BCUT2D eigenvalue weighted by atomic mass is 9.89. The number of piperidine rings is 1. The predicted molar refractivity (Wildman–Crippen MR) is 88.7 cm³/mol. The molecule has 2 aliphatic heterocycles. The summed E-state index contributed by atoms with van der Waals surface area (Å²) < 4.78 is 11.4. The van der Waals surface area contributed by atoms with E-state index in [2.05, 4.69) is 0 Å². The zero-order valence-electron chi connectivity index (χ0n) is 14.1. The number of hydrogen-bond acceptors (Lipinski definition) is 4. The van der Waals surface area contributed by atoms with Gasteiger partial charge in [-0.25, -0.2) is 0 Å². The van der Waals surface area contributed by atoms with Crippen molar-refractivity contribution in [3.63, 3.8) is 0 Å². The van der Waals surface area contributed by atoms with Crippen LogP contribution in [0, 0.1) is 0 Å². The Hall–Kier alpha value is -2.08. The lowest BCUT2D eigenvalue weighted by Crippen LogP contribution is -2.58. The van der Waals surface area contributed by atoms with Crippen molar-refractivity contribution in [2.75, 3.05) is 39.9 Å². The first-order valence-electron chi connectivity index (χ1n) is 8.42. The highest BCUT2D eigenvalue weighted by atomic mass is 16.5. The number of likely N-dealkylation sites (N-methyl/N-ethyl adjacent to an activating group) is 1. The van der Waals surface area contributed by atoms with Crippen molar-refractivity contribution < 1.29 is 19.1 Å². The van der Waals surface area contributed by atoms with E-state index in [1.807, 2.05) is 42.3 Å². The second-order valence-corrected chi connectivity index (χ2v) is 6.51. The van der Waals surface area contributed by atoms with Crippen LogP contribution >= 0.6 is 0 Å². The molecule has 6 heteroatoms. The summed E-state index contributed by atoms with van der Waals surface area (Å²) in [6, 6.07) is 9.51. The normalized spacial score (nSPS) is 20.3. The van der Waals surface area contributed by atoms with E-state index in [1.165, 1.54) is 0 Å². The molecule has 0 saturated carbocycles. The van der Waals surface area contributed by atoms with Crippen LogP contribution in [0.2, 0.25) is 0 Å². The van der Waals surface area contributed by atoms with Crippen LogP contribution in [0.25, 0.3) is 0 Å². The molecular weight excluding hydrogens is 308 g/mol. The molecule has 6 nitrogen and oxygen atoms in total. The third-order valence-electron chi connectivity index (χ3n) is 4.81. The van der Waals surface area contributed by atoms with Crippen LogP contribution in [0.3, 0.4) is 0 Å². The maximum absolute atomic E-state index is 12.3. The Labute approximate surface area is 142 Å². The first-order valence-corrected chi connectivity index (χ1v) is 8.42. The fourth-order valence-electron chi connectivity index (χ4n) is 3.29. The summed E-state index contributed by atoms with van der Waals surface area (Å²) in [6.45, 7) is 2.50. The summed E-state index contributed by atoms with van der Waals surface area (Å²) in [4.78, 5) is 27.5. The molecule has 2 fully saturated rings. The van der Waals surface area contributed by atoms with E-state index in [0.29, 0.717) is 32.7 Å². The van der Waals surface area contributed by atoms with Crippen LogP contribution in [0.15, 0.2) is 30.3 Å². The van der Waals surface area contributed by atoms with Crippen molar-refractivity contribution >= 4 is 11.8 Å². The first kappa shape index (κ1) is 16.8. The molecule has 0 atom stereocenters. The number of amides is 2. The fraction of sp³-hybridized carbons (Fsp3) is 0.556. The van der Waals surface area contributed by atoms with Gasteiger partial charge in [-0.2, -0.15) is 0 Å². The zero-order chi connectivity index (χ0) is 17.0. The van der Waals surface area contributed by atoms with Crippen molar-refractivity contribution in [1.29, 1.82) is 0 Å². The van der Waals surface area contributed by atoms with Gasteiger partial charge in [0.2, 0.25) is 11.8 Å². The molecule has 2 heterocycles. The van der Waals surface area contributed by atoms with Crippen molar-refractivity contribution in [3.05, 3.63) is 30.3 Å². The Bertz CT molecular complexity index is 582. The fourth-order valence-corrected chi connectivity index (χ4v) is 3.29. The summed E-state index contributed by atoms with van der Waals surface area (Å²) in [5, 5.41) is 0. The number of benzene rings is 1. The number of rotatable bonds is 4. The lowest BCUT2D eigenvalue weighted by Gasteiger charge is -2.46. The number of morpholine rings is 1. The highest BCUT2D eigenvalue weighted by molar-refractivity contribution is 5.78. The number of para-hydroxylation sites is 1. The van der Waals surface area contributed by atoms with Crippen molar-refractivity contribution in [3.8, 4) is 5.75 Å². The molecule has 130 valence electrons. The molecule has 0 unspecified atom stereocenters. The van der Waals surface area contributed by atoms with Crippen LogP contribution in [0.5, 0.6) is 5.75 Å². The highest BCUT2D eigenvalue weighted by Crippen LogP contribution is 2.30. The molecule has 24 heavy (non-hydrogen) atoms. The molecule has 0 bridgehead atoms. The zero-order valence-corrected chi connectivity index (χ0v) is 14.1. The molecule has 1 aromatic rings. The van der Waals surface area contributed by atoms with Gasteiger partial charge in [0.1, 0.15) is 12.4 Å². The van der Waals surface area contributed by atoms with Crippen molar-refractivity contribution in [1.82, 2.24) is 9.80 Å². The van der Waals surface area contributed by atoms with E-state index in [1.54, 1.807) is 4.90 Å². The second kappa shape index (κ2) is 7.21. The molecule has 2 aliphatic rings. The van der Waals surface area contributed by atoms with Gasteiger partial charge in [0.05, 0.1) is 18.6 Å². The smallest absolute Gasteiger partial charge is 0.248 e. The monoisotopic (exact) mass is 332 g/mol. The average Bonchev–Trinajstić information content (AvgIpc) is 2.60. The summed E-state index contributed by atoms with van der Waals surface area (Å²) in [5.74, 6) is 0.921. The molecule has 0 radical (unpaired) electrons. The Kier molecular flexibility index (Phi) is 5.04. The number of carbonyl (C=O) groups excluding carboxylic acids is 2. The van der Waals surface area contributed by atoms with E-state index in [0.717, 1.165) is 18.6 Å². The van der Waals surface area contributed by atoms with Gasteiger partial charge in [0, 0.05) is 26.7 Å². The van der Waals surface area contributed by atoms with Gasteiger partial charge >= 0.3 is 0 Å². The first-order chi connectivity index (χ1) is 11.6. The molecular formula is C18H24N2O4. The summed E-state index contributed by atoms with van der Waals surface area (Å²) in [6.07, 6.45) is 1.92. The minimum absolute atomic E-state index is 0.0252. The Morgan fingerprint density at radius 2 is 1.96 bits per heavy atom. The second-order valence-electron chi connectivity index (χ2n) is 6.51. The third kappa shape index (κ3) is 3.87. The number of nitrogens with zero attached hydrogens (tertiary/aromatic N) is 2. The van der Waals surface area contributed by atoms with Crippen molar-refractivity contribution in [2.24, 2.45) is 0 Å². The predicted octanol–water partition coefficient (Wildman–Crippen LogP) is 1.31. The van der Waals surface area contributed by atoms with E-state index >= 15 is 0 Å².